The number of aromatic nitrogens is 1. The molecule has 9 heteroatoms. The van der Waals surface area contributed by atoms with Gasteiger partial charge >= 0.3 is 12.4 Å². The van der Waals surface area contributed by atoms with Gasteiger partial charge in [0.2, 0.25) is 0 Å². The number of benzene rings is 2. The van der Waals surface area contributed by atoms with Gasteiger partial charge in [0, 0.05) is 48.5 Å². The van der Waals surface area contributed by atoms with Gasteiger partial charge in [-0.1, -0.05) is 46.1 Å². The second-order valence-corrected chi connectivity index (χ2v) is 11.5. The molecule has 1 saturated heterocycles. The molecule has 1 fully saturated rings. The molecule has 0 radical (unpaired) electrons. The van der Waals surface area contributed by atoms with Crippen molar-refractivity contribution in [2.24, 2.45) is 5.41 Å². The van der Waals surface area contributed by atoms with E-state index in [2.05, 4.69) is 48.7 Å². The molecule has 1 aliphatic rings. The molecule has 0 bridgehead atoms. The van der Waals surface area contributed by atoms with Crippen LogP contribution in [0.1, 0.15) is 50.3 Å². The fourth-order valence-electron chi connectivity index (χ4n) is 4.98. The quantitative estimate of drug-likeness (QED) is 0.290. The molecule has 0 atom stereocenters. The van der Waals surface area contributed by atoms with Crippen LogP contribution in [-0.2, 0) is 12.4 Å². The van der Waals surface area contributed by atoms with Crippen molar-refractivity contribution in [1.82, 2.24) is 14.8 Å². The third kappa shape index (κ3) is 6.98. The van der Waals surface area contributed by atoms with E-state index in [1.165, 1.54) is 6.07 Å². The minimum absolute atomic E-state index is 0.0266. The number of halogens is 6. The maximum absolute atomic E-state index is 13.3. The van der Waals surface area contributed by atoms with Crippen LogP contribution in [0.2, 0.25) is 0 Å². The van der Waals surface area contributed by atoms with Crippen LogP contribution in [0.3, 0.4) is 0 Å². The highest BCUT2D eigenvalue weighted by atomic mass is 19.4. The molecule has 40 heavy (non-hydrogen) atoms. The first-order valence-corrected chi connectivity index (χ1v) is 13.1. The SMILES string of the molecule is C=C(CC(C)(C)C)N1CCCN(C(=C)c2ccc3nc(-c4cc(C(F)(F)F)cc(C(F)(F)F)c4)ccc3c2)CC1. The predicted octanol–water partition coefficient (Wildman–Crippen LogP) is 8.87. The Kier molecular flexibility index (Phi) is 7.98. The van der Waals surface area contributed by atoms with Crippen molar-refractivity contribution < 1.29 is 26.3 Å². The van der Waals surface area contributed by atoms with E-state index in [1.54, 1.807) is 12.1 Å². The molecule has 3 nitrogen and oxygen atoms in total. The maximum atomic E-state index is 13.3. The molecule has 1 aromatic heterocycles. The molecule has 0 unspecified atom stereocenters. The normalized spacial score (nSPS) is 15.3. The van der Waals surface area contributed by atoms with Gasteiger partial charge < -0.3 is 9.80 Å². The molecule has 3 aromatic rings. The lowest BCUT2D eigenvalue weighted by atomic mass is 9.90. The zero-order valence-corrected chi connectivity index (χ0v) is 22.9. The highest BCUT2D eigenvalue weighted by Gasteiger charge is 2.37. The summed E-state index contributed by atoms with van der Waals surface area (Å²) in [5.41, 5.74) is 0.514. The van der Waals surface area contributed by atoms with Gasteiger partial charge in [0.15, 0.2) is 0 Å². The minimum atomic E-state index is -4.92. The first-order chi connectivity index (χ1) is 18.5. The van der Waals surface area contributed by atoms with Gasteiger partial charge in [0.1, 0.15) is 0 Å². The van der Waals surface area contributed by atoms with Crippen molar-refractivity contribution in [2.75, 3.05) is 26.2 Å². The van der Waals surface area contributed by atoms with Crippen molar-refractivity contribution in [2.45, 2.75) is 46.0 Å². The number of nitrogens with zero attached hydrogens (tertiary/aromatic N) is 3. The third-order valence-corrected chi connectivity index (χ3v) is 6.97. The average molecular weight is 562 g/mol. The van der Waals surface area contributed by atoms with Crippen molar-refractivity contribution >= 4 is 16.6 Å². The van der Waals surface area contributed by atoms with E-state index in [0.29, 0.717) is 23.0 Å². The summed E-state index contributed by atoms with van der Waals surface area (Å²) in [5, 5.41) is 0.709. The summed E-state index contributed by atoms with van der Waals surface area (Å²) in [6.45, 7) is 18.6. The number of fused-ring (bicyclic) bond motifs is 1. The Morgan fingerprint density at radius 1 is 0.775 bits per heavy atom. The molecule has 0 saturated carbocycles. The van der Waals surface area contributed by atoms with E-state index in [9.17, 15) is 26.3 Å². The van der Waals surface area contributed by atoms with E-state index in [1.807, 2.05) is 12.1 Å². The molecule has 1 aliphatic heterocycles. The van der Waals surface area contributed by atoms with E-state index in [4.69, 9.17) is 0 Å². The monoisotopic (exact) mass is 561 g/mol. The first kappa shape index (κ1) is 29.5. The van der Waals surface area contributed by atoms with Gasteiger partial charge in [0.05, 0.1) is 22.3 Å². The van der Waals surface area contributed by atoms with Crippen molar-refractivity contribution in [3.63, 3.8) is 0 Å². The summed E-state index contributed by atoms with van der Waals surface area (Å²) < 4.78 is 79.9. The van der Waals surface area contributed by atoms with Crippen LogP contribution in [0.5, 0.6) is 0 Å². The Hall–Kier alpha value is -3.49. The highest BCUT2D eigenvalue weighted by Crippen LogP contribution is 2.38. The van der Waals surface area contributed by atoms with Gasteiger partial charge in [0.25, 0.3) is 0 Å². The van der Waals surface area contributed by atoms with Gasteiger partial charge in [-0.3, -0.25) is 0 Å². The number of hydrogen-bond acceptors (Lipinski definition) is 3. The van der Waals surface area contributed by atoms with Crippen LogP contribution in [0.25, 0.3) is 27.9 Å². The largest absolute Gasteiger partial charge is 0.416 e. The Balaban J connectivity index is 1.56. The average Bonchev–Trinajstić information content (AvgIpc) is 3.12. The van der Waals surface area contributed by atoms with Crippen LogP contribution in [0.4, 0.5) is 26.3 Å². The molecular weight excluding hydrogens is 528 g/mol. The molecular formula is C31H33F6N3. The second-order valence-electron chi connectivity index (χ2n) is 11.5. The lowest BCUT2D eigenvalue weighted by molar-refractivity contribution is -0.143. The fraction of sp³-hybridized carbons (Fsp3) is 0.387. The highest BCUT2D eigenvalue weighted by molar-refractivity contribution is 5.85. The van der Waals surface area contributed by atoms with Gasteiger partial charge in [-0.05, 0) is 60.2 Å². The van der Waals surface area contributed by atoms with Crippen molar-refractivity contribution in [3.05, 3.63) is 84.1 Å². The molecule has 0 amide bonds. The third-order valence-electron chi connectivity index (χ3n) is 6.97. The predicted molar refractivity (Wildman–Crippen MR) is 147 cm³/mol. The summed E-state index contributed by atoms with van der Waals surface area (Å²) in [5.74, 6) is 0. The van der Waals surface area contributed by atoms with Gasteiger partial charge in [-0.25, -0.2) is 4.98 Å². The fourth-order valence-corrected chi connectivity index (χ4v) is 4.98. The lowest BCUT2D eigenvalue weighted by Gasteiger charge is -2.30. The van der Waals surface area contributed by atoms with Crippen LogP contribution in [-0.4, -0.2) is 41.0 Å². The van der Waals surface area contributed by atoms with E-state index in [0.717, 1.165) is 56.0 Å². The van der Waals surface area contributed by atoms with E-state index >= 15 is 0 Å². The smallest absolute Gasteiger partial charge is 0.373 e. The zero-order valence-electron chi connectivity index (χ0n) is 22.9. The van der Waals surface area contributed by atoms with Crippen molar-refractivity contribution in [3.8, 4) is 11.3 Å². The minimum Gasteiger partial charge on any atom is -0.373 e. The number of hydrogen-bond donors (Lipinski definition) is 0. The molecule has 0 aliphatic carbocycles. The Morgan fingerprint density at radius 2 is 1.38 bits per heavy atom. The van der Waals surface area contributed by atoms with Crippen molar-refractivity contribution in [1.29, 1.82) is 0 Å². The topological polar surface area (TPSA) is 19.4 Å². The summed E-state index contributed by atoms with van der Waals surface area (Å²) in [6, 6.07) is 10.0. The summed E-state index contributed by atoms with van der Waals surface area (Å²) in [6.07, 6.45) is -7.97. The first-order valence-electron chi connectivity index (χ1n) is 13.1. The standard InChI is InChI=1S/C31H33F6N3/c1-20(19-29(3,4)5)39-11-6-12-40(14-13-39)21(2)22-7-9-27-23(15-22)8-10-28(38-27)24-16-25(30(32,33)34)18-26(17-24)31(35,36)37/h7-10,15-18H,1-2,6,11-14,19H2,3-5H3. The van der Waals surface area contributed by atoms with Crippen LogP contribution in [0, 0.1) is 5.41 Å². The summed E-state index contributed by atoms with van der Waals surface area (Å²) >= 11 is 0. The number of allylic oxidation sites excluding steroid dienone is 1. The molecule has 4 rings (SSSR count). The molecule has 2 aromatic carbocycles. The van der Waals surface area contributed by atoms with Gasteiger partial charge in [-0.15, -0.1) is 0 Å². The van der Waals surface area contributed by atoms with Crippen LogP contribution < -0.4 is 0 Å². The molecule has 0 spiro atoms. The molecule has 2 heterocycles. The maximum Gasteiger partial charge on any atom is 0.416 e. The zero-order chi connectivity index (χ0) is 29.5. The lowest BCUT2D eigenvalue weighted by Crippen LogP contribution is -2.30. The van der Waals surface area contributed by atoms with Gasteiger partial charge in [-0.2, -0.15) is 26.3 Å². The van der Waals surface area contributed by atoms with Crippen LogP contribution >= 0.6 is 0 Å². The Bertz CT molecular complexity index is 1380. The number of rotatable bonds is 5. The van der Waals surface area contributed by atoms with E-state index < -0.39 is 23.5 Å². The number of pyridine rings is 1. The summed E-state index contributed by atoms with van der Waals surface area (Å²) in [4.78, 5) is 8.95. The van der Waals surface area contributed by atoms with E-state index in [-0.39, 0.29) is 22.7 Å². The molecule has 214 valence electrons. The number of alkyl halides is 6. The summed E-state index contributed by atoms with van der Waals surface area (Å²) in [7, 11) is 0. The molecule has 0 N–H and O–H groups in total. The Labute approximate surface area is 230 Å². The van der Waals surface area contributed by atoms with Crippen LogP contribution in [0.15, 0.2) is 67.4 Å². The second kappa shape index (κ2) is 10.8. The Morgan fingerprint density at radius 3 is 1.98 bits per heavy atom.